The van der Waals surface area contributed by atoms with Crippen molar-refractivity contribution in [2.75, 3.05) is 29.9 Å². The van der Waals surface area contributed by atoms with Crippen LogP contribution in [0.15, 0.2) is 60.8 Å². The first-order valence-electron chi connectivity index (χ1n) is 12.4. The van der Waals surface area contributed by atoms with E-state index in [9.17, 15) is 19.8 Å². The summed E-state index contributed by atoms with van der Waals surface area (Å²) in [6, 6.07) is 14.5. The maximum atomic E-state index is 13.2. The van der Waals surface area contributed by atoms with Crippen molar-refractivity contribution >= 4 is 34.8 Å². The normalized spacial score (nSPS) is 22.1. The molecule has 9 nitrogen and oxygen atoms in total. The van der Waals surface area contributed by atoms with Crippen LogP contribution in [-0.2, 0) is 9.59 Å². The van der Waals surface area contributed by atoms with E-state index in [1.165, 1.54) is 6.92 Å². The van der Waals surface area contributed by atoms with Crippen LogP contribution >= 0.6 is 11.6 Å². The Kier molecular flexibility index (Phi) is 8.08. The van der Waals surface area contributed by atoms with Crippen LogP contribution in [0.5, 0.6) is 0 Å². The zero-order valence-electron chi connectivity index (χ0n) is 21.0. The highest BCUT2D eigenvalue weighted by Gasteiger charge is 2.51. The van der Waals surface area contributed by atoms with Crippen LogP contribution in [0.25, 0.3) is 0 Å². The quantitative estimate of drug-likeness (QED) is 0.337. The Morgan fingerprint density at radius 1 is 1.16 bits per heavy atom. The van der Waals surface area contributed by atoms with Crippen molar-refractivity contribution in [3.8, 4) is 0 Å². The second-order valence-electron chi connectivity index (χ2n) is 9.81. The fourth-order valence-corrected chi connectivity index (χ4v) is 5.05. The summed E-state index contributed by atoms with van der Waals surface area (Å²) in [5.41, 5.74) is 5.82. The largest absolute Gasteiger partial charge is 0.380 e. The number of amides is 2. The molecule has 0 saturated carbocycles. The first-order chi connectivity index (χ1) is 17.6. The van der Waals surface area contributed by atoms with E-state index in [2.05, 4.69) is 15.5 Å². The number of aliphatic hydroxyl groups excluding tert-OH is 1. The summed E-state index contributed by atoms with van der Waals surface area (Å²) in [7, 11) is 0. The number of carbonyl (C=O) groups is 2. The third-order valence-corrected chi connectivity index (χ3v) is 7.42. The maximum absolute atomic E-state index is 13.2. The molecule has 6 N–H and O–H groups in total. The van der Waals surface area contributed by atoms with Gasteiger partial charge in [0, 0.05) is 42.1 Å². The molecule has 2 heterocycles. The molecular formula is C27H34ClN5O4. The van der Waals surface area contributed by atoms with Crippen LogP contribution < -0.4 is 21.3 Å². The van der Waals surface area contributed by atoms with Gasteiger partial charge in [0.2, 0.25) is 0 Å². The Balaban J connectivity index is 1.34. The Morgan fingerprint density at radius 2 is 1.84 bits per heavy atom. The molecule has 0 radical (unpaired) electrons. The smallest absolute Gasteiger partial charge is 0.255 e. The van der Waals surface area contributed by atoms with E-state index in [1.807, 2.05) is 48.5 Å². The van der Waals surface area contributed by atoms with Crippen molar-refractivity contribution in [2.24, 2.45) is 5.73 Å². The van der Waals surface area contributed by atoms with Gasteiger partial charge in [0.25, 0.3) is 11.8 Å². The predicted molar refractivity (Wildman–Crippen MR) is 144 cm³/mol. The van der Waals surface area contributed by atoms with Gasteiger partial charge in [-0.05, 0) is 68.4 Å². The Morgan fingerprint density at radius 3 is 2.43 bits per heavy atom. The number of aliphatic hydroxyl groups is 2. The molecule has 37 heavy (non-hydrogen) atoms. The second-order valence-corrected chi connectivity index (χ2v) is 10.2. The van der Waals surface area contributed by atoms with Crippen molar-refractivity contribution in [3.63, 3.8) is 0 Å². The molecule has 4 rings (SSSR count). The van der Waals surface area contributed by atoms with Crippen LogP contribution in [0.3, 0.4) is 0 Å². The van der Waals surface area contributed by atoms with Crippen molar-refractivity contribution in [3.05, 3.63) is 71.4 Å². The van der Waals surface area contributed by atoms with Crippen LogP contribution in [0, 0.1) is 0 Å². The first-order valence-corrected chi connectivity index (χ1v) is 12.7. The standard InChI is InChI=1S/C27H34ClN5O4/c1-17(18-4-8-20(9-5-18)30-13-3-12-29)31-26(36)27(2,37)24(34)25(35)33-16-22-14-23(33)15-32(22)21-10-6-19(28)7-11-21/h3-11,13,17,22-24,30,34,37H,12,14-16,29H2,1-2H3,(H,31,36)/b13-3-/t17-,22?,23?,24+,27+/m1/s1. The number of benzene rings is 2. The number of anilines is 2. The summed E-state index contributed by atoms with van der Waals surface area (Å²) in [6.45, 7) is 4.40. The highest BCUT2D eigenvalue weighted by Crippen LogP contribution is 2.36. The lowest BCUT2D eigenvalue weighted by molar-refractivity contribution is -0.166. The molecule has 2 amide bonds. The number of carbonyl (C=O) groups excluding carboxylic acids is 2. The number of nitrogens with one attached hydrogen (secondary N) is 2. The summed E-state index contributed by atoms with van der Waals surface area (Å²) in [5, 5.41) is 28.2. The minimum atomic E-state index is -2.29. The number of hydrogen-bond acceptors (Lipinski definition) is 7. The highest BCUT2D eigenvalue weighted by molar-refractivity contribution is 6.30. The van der Waals surface area contributed by atoms with E-state index in [0.29, 0.717) is 24.7 Å². The number of nitrogens with two attached hydrogens (primary N) is 1. The number of likely N-dealkylation sites (tertiary alicyclic amines) is 1. The van der Waals surface area contributed by atoms with E-state index < -0.39 is 29.6 Å². The fourth-order valence-electron chi connectivity index (χ4n) is 4.92. The van der Waals surface area contributed by atoms with Gasteiger partial charge in [0.1, 0.15) is 0 Å². The van der Waals surface area contributed by atoms with Gasteiger partial charge in [-0.25, -0.2) is 0 Å². The molecule has 198 valence electrons. The Labute approximate surface area is 221 Å². The van der Waals surface area contributed by atoms with Crippen molar-refractivity contribution < 1.29 is 19.8 Å². The number of nitrogens with zero attached hydrogens (tertiary/aromatic N) is 2. The van der Waals surface area contributed by atoms with Gasteiger partial charge in [0.05, 0.1) is 12.1 Å². The molecule has 2 saturated heterocycles. The van der Waals surface area contributed by atoms with Crippen LogP contribution in [-0.4, -0.2) is 70.4 Å². The highest BCUT2D eigenvalue weighted by atomic mass is 35.5. The fraction of sp³-hybridized carbons (Fsp3) is 0.407. The number of rotatable bonds is 9. The molecule has 2 bridgehead atoms. The monoisotopic (exact) mass is 527 g/mol. The van der Waals surface area contributed by atoms with E-state index in [4.69, 9.17) is 17.3 Å². The third kappa shape index (κ3) is 5.75. The molecule has 5 atom stereocenters. The van der Waals surface area contributed by atoms with E-state index in [0.717, 1.165) is 23.4 Å². The summed E-state index contributed by atoms with van der Waals surface area (Å²) in [6.07, 6.45) is 2.41. The molecule has 0 aromatic heterocycles. The average molecular weight is 528 g/mol. The molecule has 2 aromatic carbocycles. The molecule has 2 unspecified atom stereocenters. The third-order valence-electron chi connectivity index (χ3n) is 7.17. The second kappa shape index (κ2) is 11.1. The Bertz CT molecular complexity index is 1140. The molecule has 2 fully saturated rings. The first kappa shape index (κ1) is 26.9. The van der Waals surface area contributed by atoms with Crippen LogP contribution in [0.4, 0.5) is 11.4 Å². The van der Waals surface area contributed by atoms with Gasteiger partial charge in [-0.15, -0.1) is 0 Å². The molecule has 2 aliphatic heterocycles. The number of fused-ring (bicyclic) bond motifs is 2. The summed E-state index contributed by atoms with van der Waals surface area (Å²) in [4.78, 5) is 29.9. The number of hydrogen-bond donors (Lipinski definition) is 5. The topological polar surface area (TPSA) is 131 Å². The van der Waals surface area contributed by atoms with Crippen molar-refractivity contribution in [1.29, 1.82) is 0 Å². The van der Waals surface area contributed by atoms with E-state index in [1.54, 1.807) is 24.1 Å². The minimum absolute atomic E-state index is 0.101. The number of halogens is 1. The van der Waals surface area contributed by atoms with Gasteiger partial charge >= 0.3 is 0 Å². The van der Waals surface area contributed by atoms with Gasteiger partial charge < -0.3 is 36.4 Å². The SMILES string of the molecule is C[C@@H](NC(=O)[C@@](C)(O)[C@@H](O)C(=O)N1CC2CC1CN2c1ccc(Cl)cc1)c1ccc(N/C=C\CN)cc1. The molecular weight excluding hydrogens is 494 g/mol. The molecule has 0 aliphatic carbocycles. The lowest BCUT2D eigenvalue weighted by atomic mass is 9.95. The van der Waals surface area contributed by atoms with Crippen LogP contribution in [0.1, 0.15) is 31.9 Å². The lowest BCUT2D eigenvalue weighted by Gasteiger charge is -2.38. The minimum Gasteiger partial charge on any atom is -0.380 e. The predicted octanol–water partition coefficient (Wildman–Crippen LogP) is 2.00. The van der Waals surface area contributed by atoms with E-state index in [-0.39, 0.29) is 12.1 Å². The lowest BCUT2D eigenvalue weighted by Crippen LogP contribution is -2.61. The zero-order chi connectivity index (χ0) is 26.7. The molecule has 10 heteroatoms. The zero-order valence-corrected chi connectivity index (χ0v) is 21.7. The molecule has 2 aliphatic rings. The molecule has 2 aromatic rings. The maximum Gasteiger partial charge on any atom is 0.255 e. The number of piperazine rings is 1. The molecule has 0 spiro atoms. The summed E-state index contributed by atoms with van der Waals surface area (Å²) < 4.78 is 0. The average Bonchev–Trinajstić information content (AvgIpc) is 3.50. The van der Waals surface area contributed by atoms with Crippen molar-refractivity contribution in [2.45, 2.75) is 50.1 Å². The van der Waals surface area contributed by atoms with Gasteiger partial charge in [0.15, 0.2) is 11.7 Å². The van der Waals surface area contributed by atoms with Gasteiger partial charge in [-0.3, -0.25) is 9.59 Å². The van der Waals surface area contributed by atoms with Gasteiger partial charge in [-0.1, -0.05) is 29.8 Å². The van der Waals surface area contributed by atoms with Gasteiger partial charge in [-0.2, -0.15) is 0 Å². The van der Waals surface area contributed by atoms with E-state index >= 15 is 0 Å². The van der Waals surface area contributed by atoms with Crippen molar-refractivity contribution in [1.82, 2.24) is 10.2 Å². The summed E-state index contributed by atoms with van der Waals surface area (Å²) >= 11 is 6.00. The Hall–Kier alpha value is -3.11. The summed E-state index contributed by atoms with van der Waals surface area (Å²) in [5.74, 6) is -1.46. The van der Waals surface area contributed by atoms with Crippen LogP contribution in [0.2, 0.25) is 5.02 Å².